The number of guanidine groups is 1. The maximum absolute atomic E-state index is 10.6. The molecule has 0 aliphatic heterocycles. The van der Waals surface area contributed by atoms with E-state index >= 15 is 0 Å². The Morgan fingerprint density at radius 2 is 2.08 bits per heavy atom. The Morgan fingerprint density at radius 3 is 2.62 bits per heavy atom. The van der Waals surface area contributed by atoms with Crippen molar-refractivity contribution >= 4 is 29.9 Å². The van der Waals surface area contributed by atoms with Crippen molar-refractivity contribution in [2.45, 2.75) is 52.6 Å². The van der Waals surface area contributed by atoms with Gasteiger partial charge in [0.05, 0.1) is 12.7 Å². The summed E-state index contributed by atoms with van der Waals surface area (Å²) in [6, 6.07) is 0. The van der Waals surface area contributed by atoms with Crippen LogP contribution in [0.25, 0.3) is 0 Å². The van der Waals surface area contributed by atoms with Gasteiger partial charge in [0.15, 0.2) is 5.96 Å². The Morgan fingerprint density at radius 1 is 1.38 bits per heavy atom. The second kappa shape index (κ2) is 11.7. The quantitative estimate of drug-likeness (QED) is 0.234. The van der Waals surface area contributed by atoms with Crippen molar-refractivity contribution in [3.8, 4) is 0 Å². The zero-order valence-electron chi connectivity index (χ0n) is 15.7. The molecule has 140 valence electrons. The van der Waals surface area contributed by atoms with Crippen molar-refractivity contribution in [3.05, 3.63) is 18.0 Å². The molecule has 1 heterocycles. The predicted octanol–water partition coefficient (Wildman–Crippen LogP) is 2.63. The maximum Gasteiger partial charge on any atom is 0.191 e. The third-order valence-corrected chi connectivity index (χ3v) is 3.72. The monoisotopic (exact) mass is 451 g/mol. The summed E-state index contributed by atoms with van der Waals surface area (Å²) < 4.78 is 1.69. The van der Waals surface area contributed by atoms with Crippen molar-refractivity contribution < 1.29 is 5.11 Å². The molecule has 0 spiro atoms. The first-order valence-electron chi connectivity index (χ1n) is 8.59. The van der Waals surface area contributed by atoms with E-state index in [-0.39, 0.29) is 24.0 Å². The molecule has 0 fully saturated rings. The van der Waals surface area contributed by atoms with Crippen LogP contribution in [0.1, 0.15) is 52.5 Å². The molecule has 0 radical (unpaired) electrons. The van der Waals surface area contributed by atoms with Crippen molar-refractivity contribution in [2.24, 2.45) is 18.0 Å². The number of nitrogens with one attached hydrogen (secondary N) is 2. The molecule has 1 rings (SSSR count). The summed E-state index contributed by atoms with van der Waals surface area (Å²) in [4.78, 5) is 4.51. The fraction of sp³-hybridized carbons (Fsp3) is 0.765. The molecule has 1 aromatic rings. The summed E-state index contributed by atoms with van der Waals surface area (Å²) in [5.41, 5.74) is -0.245. The molecule has 0 saturated carbocycles. The zero-order valence-corrected chi connectivity index (χ0v) is 18.0. The van der Waals surface area contributed by atoms with Crippen LogP contribution >= 0.6 is 24.0 Å². The van der Waals surface area contributed by atoms with Crippen molar-refractivity contribution in [1.82, 2.24) is 20.4 Å². The summed E-state index contributed by atoms with van der Waals surface area (Å²) in [6.45, 7) is 10.3. The van der Waals surface area contributed by atoms with Gasteiger partial charge in [-0.05, 0) is 26.2 Å². The zero-order chi connectivity index (χ0) is 17.3. The minimum absolute atomic E-state index is 0. The first-order chi connectivity index (χ1) is 10.8. The van der Waals surface area contributed by atoms with Gasteiger partial charge in [-0.2, -0.15) is 5.10 Å². The topological polar surface area (TPSA) is 74.5 Å². The van der Waals surface area contributed by atoms with E-state index in [0.717, 1.165) is 37.0 Å². The van der Waals surface area contributed by atoms with Gasteiger partial charge in [0.2, 0.25) is 0 Å². The van der Waals surface area contributed by atoms with Gasteiger partial charge in [0.25, 0.3) is 0 Å². The Hall–Kier alpha value is -0.830. The standard InChI is InChI=1S/C17H33N5O.HI/c1-6-18-16(19-10-8-7-9-14(2)3)20-13-17(4,23)15-11-21-22(5)12-15;/h11-12,14,23H,6-10,13H2,1-5H3,(H2,18,19,20);1H. The number of aliphatic imine (C=N–C) groups is 1. The molecule has 1 atom stereocenters. The molecule has 1 aromatic heterocycles. The Kier molecular flexibility index (Phi) is 11.3. The summed E-state index contributed by atoms with van der Waals surface area (Å²) in [5, 5.41) is 21.2. The first kappa shape index (κ1) is 23.2. The van der Waals surface area contributed by atoms with Gasteiger partial charge in [-0.1, -0.05) is 26.7 Å². The SMILES string of the molecule is CCNC(=NCC(C)(O)c1cnn(C)c1)NCCCCC(C)C.I. The van der Waals surface area contributed by atoms with E-state index in [4.69, 9.17) is 0 Å². The number of aryl methyl sites for hydroxylation is 1. The fourth-order valence-electron chi connectivity index (χ4n) is 2.25. The number of hydrogen-bond donors (Lipinski definition) is 3. The van der Waals surface area contributed by atoms with E-state index in [2.05, 4.69) is 34.6 Å². The Labute approximate surface area is 163 Å². The number of halogens is 1. The van der Waals surface area contributed by atoms with Gasteiger partial charge < -0.3 is 15.7 Å². The number of aromatic nitrogens is 2. The summed E-state index contributed by atoms with van der Waals surface area (Å²) >= 11 is 0. The molecular weight excluding hydrogens is 417 g/mol. The van der Waals surface area contributed by atoms with Gasteiger partial charge in [0.1, 0.15) is 5.60 Å². The first-order valence-corrected chi connectivity index (χ1v) is 8.59. The van der Waals surface area contributed by atoms with E-state index in [1.165, 1.54) is 12.8 Å². The molecular formula is C17H34IN5O. The largest absolute Gasteiger partial charge is 0.383 e. The Bertz CT molecular complexity index is 485. The van der Waals surface area contributed by atoms with Crippen LogP contribution in [0.15, 0.2) is 17.4 Å². The fourth-order valence-corrected chi connectivity index (χ4v) is 2.25. The molecule has 0 aliphatic rings. The molecule has 0 aliphatic carbocycles. The lowest BCUT2D eigenvalue weighted by molar-refractivity contribution is 0.0672. The van der Waals surface area contributed by atoms with Crippen LogP contribution in [0.5, 0.6) is 0 Å². The van der Waals surface area contributed by atoms with Gasteiger partial charge in [0, 0.05) is 31.9 Å². The second-order valence-corrected chi connectivity index (χ2v) is 6.69. The van der Waals surface area contributed by atoms with E-state index in [1.807, 2.05) is 20.2 Å². The summed E-state index contributed by atoms with van der Waals surface area (Å²) in [5.74, 6) is 1.51. The highest BCUT2D eigenvalue weighted by Crippen LogP contribution is 2.19. The third kappa shape index (κ3) is 8.86. The van der Waals surface area contributed by atoms with Crippen LogP contribution < -0.4 is 10.6 Å². The lowest BCUT2D eigenvalue weighted by atomic mass is 10.0. The van der Waals surface area contributed by atoms with Gasteiger partial charge in [-0.3, -0.25) is 4.68 Å². The molecule has 7 heteroatoms. The predicted molar refractivity (Wildman–Crippen MR) is 111 cm³/mol. The van der Waals surface area contributed by atoms with E-state index in [9.17, 15) is 5.11 Å². The molecule has 1 unspecified atom stereocenters. The van der Waals surface area contributed by atoms with Gasteiger partial charge >= 0.3 is 0 Å². The van der Waals surface area contributed by atoms with Crippen LogP contribution in [0.2, 0.25) is 0 Å². The van der Waals surface area contributed by atoms with Crippen molar-refractivity contribution in [3.63, 3.8) is 0 Å². The van der Waals surface area contributed by atoms with Crippen LogP contribution in [0.4, 0.5) is 0 Å². The summed E-state index contributed by atoms with van der Waals surface area (Å²) in [6.07, 6.45) is 7.10. The number of rotatable bonds is 9. The highest BCUT2D eigenvalue weighted by atomic mass is 127. The maximum atomic E-state index is 10.6. The third-order valence-electron chi connectivity index (χ3n) is 3.72. The molecule has 0 amide bonds. The number of aliphatic hydroxyl groups is 1. The van der Waals surface area contributed by atoms with E-state index in [1.54, 1.807) is 17.8 Å². The molecule has 0 bridgehead atoms. The second-order valence-electron chi connectivity index (χ2n) is 6.69. The molecule has 0 saturated heterocycles. The molecule has 24 heavy (non-hydrogen) atoms. The van der Waals surface area contributed by atoms with Crippen molar-refractivity contribution in [2.75, 3.05) is 19.6 Å². The molecule has 6 nitrogen and oxygen atoms in total. The smallest absolute Gasteiger partial charge is 0.191 e. The number of nitrogens with zero attached hydrogens (tertiary/aromatic N) is 3. The highest BCUT2D eigenvalue weighted by Gasteiger charge is 2.24. The van der Waals surface area contributed by atoms with E-state index in [0.29, 0.717) is 6.54 Å². The molecule has 3 N–H and O–H groups in total. The average Bonchev–Trinajstić information content (AvgIpc) is 2.91. The van der Waals surface area contributed by atoms with Crippen molar-refractivity contribution in [1.29, 1.82) is 0 Å². The van der Waals surface area contributed by atoms with Gasteiger partial charge in [-0.25, -0.2) is 4.99 Å². The minimum atomic E-state index is -1.02. The average molecular weight is 451 g/mol. The van der Waals surface area contributed by atoms with Crippen LogP contribution in [-0.2, 0) is 12.6 Å². The minimum Gasteiger partial charge on any atom is -0.383 e. The van der Waals surface area contributed by atoms with E-state index < -0.39 is 5.60 Å². The lowest BCUT2D eigenvalue weighted by Gasteiger charge is -2.20. The van der Waals surface area contributed by atoms with Crippen LogP contribution in [0, 0.1) is 5.92 Å². The van der Waals surface area contributed by atoms with Crippen LogP contribution in [-0.4, -0.2) is 40.5 Å². The Balaban J connectivity index is 0.00000529. The summed E-state index contributed by atoms with van der Waals surface area (Å²) in [7, 11) is 1.84. The highest BCUT2D eigenvalue weighted by molar-refractivity contribution is 14.0. The normalized spacial score (nSPS) is 14.2. The van der Waals surface area contributed by atoms with Gasteiger partial charge in [-0.15, -0.1) is 24.0 Å². The number of hydrogen-bond acceptors (Lipinski definition) is 3. The number of unbranched alkanes of at least 4 members (excludes halogenated alkanes) is 1. The van der Waals surface area contributed by atoms with Crippen LogP contribution in [0.3, 0.4) is 0 Å². The lowest BCUT2D eigenvalue weighted by Crippen LogP contribution is -2.39. The molecule has 0 aromatic carbocycles.